The maximum absolute atomic E-state index is 12.2. The third-order valence-electron chi connectivity index (χ3n) is 3.32. The van der Waals surface area contributed by atoms with Crippen LogP contribution in [0.2, 0.25) is 0 Å². The maximum atomic E-state index is 12.2. The number of hydrogen-bond acceptors (Lipinski definition) is 2. The van der Waals surface area contributed by atoms with Gasteiger partial charge in [0.1, 0.15) is 0 Å². The summed E-state index contributed by atoms with van der Waals surface area (Å²) >= 11 is 0. The van der Waals surface area contributed by atoms with Crippen molar-refractivity contribution in [3.05, 3.63) is 48.0 Å². The van der Waals surface area contributed by atoms with Gasteiger partial charge < -0.3 is 5.32 Å². The van der Waals surface area contributed by atoms with E-state index in [0.717, 1.165) is 31.5 Å². The highest BCUT2D eigenvalue weighted by molar-refractivity contribution is 5.97. The second-order valence-electron chi connectivity index (χ2n) is 4.65. The Bertz CT molecular complexity index is 391. The van der Waals surface area contributed by atoms with Crippen molar-refractivity contribution in [3.63, 3.8) is 0 Å². The first-order valence-electron chi connectivity index (χ1n) is 6.24. The minimum Gasteiger partial charge on any atom is -0.317 e. The molecule has 1 saturated heterocycles. The highest BCUT2D eigenvalue weighted by atomic mass is 16.1. The van der Waals surface area contributed by atoms with Crippen LogP contribution in [0.5, 0.6) is 0 Å². The molecule has 1 fully saturated rings. The molecule has 0 atom stereocenters. The first-order valence-corrected chi connectivity index (χ1v) is 6.24. The molecule has 17 heavy (non-hydrogen) atoms. The minimum absolute atomic E-state index is 0.187. The number of benzene rings is 1. The van der Waals surface area contributed by atoms with Gasteiger partial charge in [-0.1, -0.05) is 36.9 Å². The maximum Gasteiger partial charge on any atom is 0.161 e. The molecule has 0 unspecified atom stereocenters. The van der Waals surface area contributed by atoms with Crippen LogP contribution in [-0.2, 0) is 11.2 Å². The van der Waals surface area contributed by atoms with Gasteiger partial charge in [-0.05, 0) is 37.1 Å². The molecule has 0 amide bonds. The van der Waals surface area contributed by atoms with Gasteiger partial charge in [0.25, 0.3) is 0 Å². The summed E-state index contributed by atoms with van der Waals surface area (Å²) < 4.78 is 0. The fourth-order valence-electron chi connectivity index (χ4n) is 2.30. The first kappa shape index (κ1) is 12.1. The number of Topliss-reactive ketones (excluding diaryl/α,β-unsaturated/α-hetero) is 1. The van der Waals surface area contributed by atoms with Gasteiger partial charge in [-0.3, -0.25) is 4.79 Å². The van der Waals surface area contributed by atoms with E-state index in [2.05, 4.69) is 11.9 Å². The number of hydrogen-bond donors (Lipinski definition) is 1. The van der Waals surface area contributed by atoms with Crippen LogP contribution < -0.4 is 5.32 Å². The lowest BCUT2D eigenvalue weighted by atomic mass is 9.88. The molecule has 0 spiro atoms. The van der Waals surface area contributed by atoms with Crippen molar-refractivity contribution in [1.82, 2.24) is 5.32 Å². The van der Waals surface area contributed by atoms with E-state index in [1.165, 1.54) is 5.56 Å². The molecular formula is C15H19NO. The fraction of sp³-hybridized carbons (Fsp3) is 0.400. The van der Waals surface area contributed by atoms with E-state index in [-0.39, 0.29) is 11.7 Å². The molecule has 1 aromatic rings. The van der Waals surface area contributed by atoms with Crippen LogP contribution >= 0.6 is 0 Å². The SMILES string of the molecule is C=C(Cc1ccccc1)C(=O)C1CCNCC1. The number of carbonyl (C=O) groups excluding carboxylic acids is 1. The Labute approximate surface area is 103 Å². The zero-order valence-corrected chi connectivity index (χ0v) is 10.1. The summed E-state index contributed by atoms with van der Waals surface area (Å²) in [6.07, 6.45) is 2.59. The summed E-state index contributed by atoms with van der Waals surface area (Å²) in [6.45, 7) is 5.86. The summed E-state index contributed by atoms with van der Waals surface area (Å²) in [7, 11) is 0. The molecule has 0 bridgehead atoms. The third kappa shape index (κ3) is 3.27. The van der Waals surface area contributed by atoms with Gasteiger partial charge in [0, 0.05) is 12.3 Å². The number of piperidine rings is 1. The number of carbonyl (C=O) groups is 1. The molecule has 2 rings (SSSR count). The zero-order valence-electron chi connectivity index (χ0n) is 10.1. The van der Waals surface area contributed by atoms with Crippen molar-refractivity contribution >= 4 is 5.78 Å². The summed E-state index contributed by atoms with van der Waals surface area (Å²) in [5, 5.41) is 3.28. The van der Waals surface area contributed by atoms with Gasteiger partial charge in [-0.2, -0.15) is 0 Å². The molecule has 90 valence electrons. The Balaban J connectivity index is 1.93. The van der Waals surface area contributed by atoms with Crippen LogP contribution in [0.1, 0.15) is 18.4 Å². The molecule has 0 aliphatic carbocycles. The van der Waals surface area contributed by atoms with Crippen LogP contribution in [0.3, 0.4) is 0 Å². The minimum atomic E-state index is 0.187. The van der Waals surface area contributed by atoms with E-state index in [4.69, 9.17) is 0 Å². The lowest BCUT2D eigenvalue weighted by Crippen LogP contribution is -2.32. The van der Waals surface area contributed by atoms with Crippen molar-refractivity contribution in [1.29, 1.82) is 0 Å². The van der Waals surface area contributed by atoms with Crippen molar-refractivity contribution in [2.45, 2.75) is 19.3 Å². The van der Waals surface area contributed by atoms with Gasteiger partial charge in [-0.15, -0.1) is 0 Å². The number of rotatable bonds is 4. The van der Waals surface area contributed by atoms with Crippen LogP contribution in [0.25, 0.3) is 0 Å². The topological polar surface area (TPSA) is 29.1 Å². The van der Waals surface area contributed by atoms with Crippen molar-refractivity contribution < 1.29 is 4.79 Å². The van der Waals surface area contributed by atoms with E-state index in [0.29, 0.717) is 6.42 Å². The monoisotopic (exact) mass is 229 g/mol. The van der Waals surface area contributed by atoms with Crippen molar-refractivity contribution in [3.8, 4) is 0 Å². The van der Waals surface area contributed by atoms with Crippen LogP contribution in [0.4, 0.5) is 0 Å². The van der Waals surface area contributed by atoms with Crippen LogP contribution in [0.15, 0.2) is 42.5 Å². The molecule has 1 heterocycles. The second kappa shape index (κ2) is 5.78. The van der Waals surface area contributed by atoms with Gasteiger partial charge in [-0.25, -0.2) is 0 Å². The average Bonchev–Trinajstić information content (AvgIpc) is 2.40. The predicted octanol–water partition coefficient (Wildman–Crippen LogP) is 2.35. The van der Waals surface area contributed by atoms with E-state index < -0.39 is 0 Å². The summed E-state index contributed by atoms with van der Waals surface area (Å²) in [4.78, 5) is 12.2. The highest BCUT2D eigenvalue weighted by Crippen LogP contribution is 2.18. The first-order chi connectivity index (χ1) is 8.27. The molecule has 0 saturated carbocycles. The van der Waals surface area contributed by atoms with E-state index in [1.807, 2.05) is 30.3 Å². The normalized spacial score (nSPS) is 16.7. The molecule has 0 aromatic heterocycles. The Morgan fingerprint density at radius 1 is 1.24 bits per heavy atom. The zero-order chi connectivity index (χ0) is 12.1. The van der Waals surface area contributed by atoms with Crippen LogP contribution in [0, 0.1) is 5.92 Å². The summed E-state index contributed by atoms with van der Waals surface area (Å²) in [5.41, 5.74) is 1.92. The van der Waals surface area contributed by atoms with Gasteiger partial charge >= 0.3 is 0 Å². The average molecular weight is 229 g/mol. The predicted molar refractivity (Wildman–Crippen MR) is 69.9 cm³/mol. The molecule has 1 N–H and O–H groups in total. The van der Waals surface area contributed by atoms with Gasteiger partial charge in [0.2, 0.25) is 0 Å². The molecule has 2 heteroatoms. The molecule has 1 aliphatic heterocycles. The van der Waals surface area contributed by atoms with Gasteiger partial charge in [0.05, 0.1) is 0 Å². The van der Waals surface area contributed by atoms with E-state index in [9.17, 15) is 4.79 Å². The summed E-state index contributed by atoms with van der Waals surface area (Å²) in [5.74, 6) is 0.447. The van der Waals surface area contributed by atoms with Crippen molar-refractivity contribution in [2.75, 3.05) is 13.1 Å². The Kier molecular flexibility index (Phi) is 4.10. The van der Waals surface area contributed by atoms with Crippen LogP contribution in [-0.4, -0.2) is 18.9 Å². The Morgan fingerprint density at radius 3 is 2.53 bits per heavy atom. The molecule has 1 aliphatic rings. The largest absolute Gasteiger partial charge is 0.317 e. The Morgan fingerprint density at radius 2 is 1.88 bits per heavy atom. The standard InChI is InChI=1S/C15H19NO/c1-12(11-13-5-3-2-4-6-13)15(17)14-7-9-16-10-8-14/h2-6,14,16H,1,7-11H2. The van der Waals surface area contributed by atoms with Crippen molar-refractivity contribution in [2.24, 2.45) is 5.92 Å². The van der Waals surface area contributed by atoms with E-state index in [1.54, 1.807) is 0 Å². The molecule has 1 aromatic carbocycles. The smallest absolute Gasteiger partial charge is 0.161 e. The third-order valence-corrected chi connectivity index (χ3v) is 3.32. The fourth-order valence-corrected chi connectivity index (χ4v) is 2.30. The number of nitrogens with one attached hydrogen (secondary N) is 1. The number of allylic oxidation sites excluding steroid dienone is 1. The molecule has 2 nitrogen and oxygen atoms in total. The molecular weight excluding hydrogens is 210 g/mol. The second-order valence-corrected chi connectivity index (χ2v) is 4.65. The molecule has 0 radical (unpaired) electrons. The Hall–Kier alpha value is -1.41. The number of ketones is 1. The highest BCUT2D eigenvalue weighted by Gasteiger charge is 2.22. The van der Waals surface area contributed by atoms with E-state index >= 15 is 0 Å². The quantitative estimate of drug-likeness (QED) is 0.803. The lowest BCUT2D eigenvalue weighted by molar-refractivity contribution is -0.119. The van der Waals surface area contributed by atoms with Gasteiger partial charge in [0.15, 0.2) is 5.78 Å². The lowest BCUT2D eigenvalue weighted by Gasteiger charge is -2.22. The summed E-state index contributed by atoms with van der Waals surface area (Å²) in [6, 6.07) is 10.1.